The number of anilines is 1. The van der Waals surface area contributed by atoms with E-state index in [9.17, 15) is 4.79 Å². The van der Waals surface area contributed by atoms with E-state index in [-0.39, 0.29) is 12.2 Å². The molecule has 0 bridgehead atoms. The van der Waals surface area contributed by atoms with Crippen LogP contribution < -0.4 is 4.90 Å². The quantitative estimate of drug-likeness (QED) is 0.852. The summed E-state index contributed by atoms with van der Waals surface area (Å²) in [5.41, 5.74) is 1.58. The molecule has 9 nitrogen and oxygen atoms in total. The zero-order chi connectivity index (χ0) is 16.5. The van der Waals surface area contributed by atoms with E-state index in [4.69, 9.17) is 9.26 Å². The van der Waals surface area contributed by atoms with Gasteiger partial charge in [0.15, 0.2) is 5.82 Å². The fourth-order valence-corrected chi connectivity index (χ4v) is 2.73. The van der Waals surface area contributed by atoms with Crippen LogP contribution in [-0.2, 0) is 4.74 Å². The Morgan fingerprint density at radius 3 is 2.79 bits per heavy atom. The third kappa shape index (κ3) is 2.80. The maximum Gasteiger partial charge on any atom is 0.414 e. The van der Waals surface area contributed by atoms with Crippen molar-refractivity contribution in [3.63, 3.8) is 0 Å². The Morgan fingerprint density at radius 2 is 2.12 bits per heavy atom. The first-order valence-corrected chi connectivity index (χ1v) is 7.70. The smallest absolute Gasteiger partial charge is 0.414 e. The van der Waals surface area contributed by atoms with Gasteiger partial charge in [0, 0.05) is 11.3 Å². The van der Waals surface area contributed by atoms with Gasteiger partial charge in [-0.1, -0.05) is 10.4 Å². The van der Waals surface area contributed by atoms with Gasteiger partial charge in [0.05, 0.1) is 26.2 Å². The van der Waals surface area contributed by atoms with Crippen LogP contribution in [0.1, 0.15) is 5.82 Å². The van der Waals surface area contributed by atoms with Crippen LogP contribution >= 0.6 is 0 Å². The van der Waals surface area contributed by atoms with Gasteiger partial charge in [-0.25, -0.2) is 4.79 Å². The van der Waals surface area contributed by atoms with E-state index >= 15 is 0 Å². The standard InChI is InChI=1S/C15H16N6O3/c1-10-17-14(24-18-10)11-2-4-12(5-3-11)21-9-13(23-15(21)22)8-20-7-6-16-19-20/h2-5,13H,6-9H2,1H3. The van der Waals surface area contributed by atoms with Gasteiger partial charge in [0.1, 0.15) is 6.10 Å². The summed E-state index contributed by atoms with van der Waals surface area (Å²) in [5.74, 6) is 1.04. The number of ether oxygens (including phenoxy) is 1. The average molecular weight is 328 g/mol. The van der Waals surface area contributed by atoms with Crippen molar-refractivity contribution in [2.24, 2.45) is 10.3 Å². The van der Waals surface area contributed by atoms with Crippen molar-refractivity contribution in [2.75, 3.05) is 31.1 Å². The van der Waals surface area contributed by atoms with Crippen molar-refractivity contribution in [1.29, 1.82) is 0 Å². The number of benzene rings is 1. The van der Waals surface area contributed by atoms with Gasteiger partial charge < -0.3 is 9.26 Å². The summed E-state index contributed by atoms with van der Waals surface area (Å²) in [6, 6.07) is 7.37. The summed E-state index contributed by atoms with van der Waals surface area (Å²) >= 11 is 0. The van der Waals surface area contributed by atoms with Crippen LogP contribution in [0, 0.1) is 6.92 Å². The first-order valence-electron chi connectivity index (χ1n) is 7.70. The Hall–Kier alpha value is -2.97. The first kappa shape index (κ1) is 14.6. The predicted octanol–water partition coefficient (Wildman–Crippen LogP) is 2.05. The number of carbonyl (C=O) groups excluding carboxylic acids is 1. The molecule has 24 heavy (non-hydrogen) atoms. The van der Waals surface area contributed by atoms with Crippen molar-refractivity contribution < 1.29 is 14.1 Å². The first-order chi connectivity index (χ1) is 11.7. The second kappa shape index (κ2) is 5.91. The van der Waals surface area contributed by atoms with Gasteiger partial charge in [0.2, 0.25) is 0 Å². The maximum absolute atomic E-state index is 12.1. The highest BCUT2D eigenvalue weighted by Gasteiger charge is 2.33. The summed E-state index contributed by atoms with van der Waals surface area (Å²) in [6.07, 6.45) is -0.565. The Kier molecular flexibility index (Phi) is 3.60. The van der Waals surface area contributed by atoms with Gasteiger partial charge >= 0.3 is 6.09 Å². The van der Waals surface area contributed by atoms with Crippen LogP contribution in [0.4, 0.5) is 10.5 Å². The number of aryl methyl sites for hydroxylation is 1. The fraction of sp³-hybridized carbons (Fsp3) is 0.400. The molecule has 9 heteroatoms. The highest BCUT2D eigenvalue weighted by molar-refractivity contribution is 5.90. The molecule has 124 valence electrons. The van der Waals surface area contributed by atoms with Crippen molar-refractivity contribution >= 4 is 11.8 Å². The van der Waals surface area contributed by atoms with Crippen molar-refractivity contribution in [1.82, 2.24) is 15.1 Å². The van der Waals surface area contributed by atoms with Gasteiger partial charge in [-0.3, -0.25) is 9.91 Å². The lowest BCUT2D eigenvalue weighted by Gasteiger charge is -2.16. The minimum atomic E-state index is -0.350. The zero-order valence-electron chi connectivity index (χ0n) is 13.1. The maximum atomic E-state index is 12.1. The highest BCUT2D eigenvalue weighted by Crippen LogP contribution is 2.25. The number of carbonyl (C=O) groups is 1. The summed E-state index contributed by atoms with van der Waals surface area (Å²) < 4.78 is 10.5. The van der Waals surface area contributed by atoms with E-state index in [2.05, 4.69) is 20.5 Å². The molecule has 1 fully saturated rings. The molecule has 1 saturated heterocycles. The number of hydrogen-bond acceptors (Lipinski definition) is 8. The number of nitrogens with zero attached hydrogens (tertiary/aromatic N) is 6. The third-order valence-corrected chi connectivity index (χ3v) is 3.89. The van der Waals surface area contributed by atoms with Gasteiger partial charge in [-0.2, -0.15) is 10.1 Å². The lowest BCUT2D eigenvalue weighted by molar-refractivity contribution is 0.114. The number of cyclic esters (lactones) is 1. The van der Waals surface area contributed by atoms with Crippen LogP contribution in [0.25, 0.3) is 11.5 Å². The van der Waals surface area contributed by atoms with Crippen LogP contribution in [0.5, 0.6) is 0 Å². The highest BCUT2D eigenvalue weighted by atomic mass is 16.6. The van der Waals surface area contributed by atoms with Crippen molar-refractivity contribution in [3.8, 4) is 11.5 Å². The van der Waals surface area contributed by atoms with E-state index in [0.717, 1.165) is 17.8 Å². The van der Waals surface area contributed by atoms with Gasteiger partial charge in [-0.15, -0.1) is 0 Å². The average Bonchev–Trinajstić information content (AvgIpc) is 3.30. The monoisotopic (exact) mass is 328 g/mol. The number of hydrogen-bond donors (Lipinski definition) is 0. The van der Waals surface area contributed by atoms with E-state index in [1.165, 1.54) is 0 Å². The summed E-state index contributed by atoms with van der Waals surface area (Å²) in [4.78, 5) is 17.9. The minimum Gasteiger partial charge on any atom is -0.442 e. The third-order valence-electron chi connectivity index (χ3n) is 3.89. The molecule has 1 aromatic carbocycles. The van der Waals surface area contributed by atoms with Crippen LogP contribution in [0.15, 0.2) is 39.1 Å². The second-order valence-corrected chi connectivity index (χ2v) is 5.68. The van der Waals surface area contributed by atoms with E-state index in [1.54, 1.807) is 11.8 Å². The van der Waals surface area contributed by atoms with Crippen LogP contribution in [0.2, 0.25) is 0 Å². The molecule has 0 saturated carbocycles. The molecule has 1 atom stereocenters. The lowest BCUT2D eigenvalue weighted by Crippen LogP contribution is -2.31. The molecule has 1 aromatic heterocycles. The Balaban J connectivity index is 1.45. The van der Waals surface area contributed by atoms with Crippen molar-refractivity contribution in [3.05, 3.63) is 30.1 Å². The Bertz CT molecular complexity index is 772. The molecular formula is C15H16N6O3. The number of amides is 1. The fourth-order valence-electron chi connectivity index (χ4n) is 2.73. The summed E-state index contributed by atoms with van der Waals surface area (Å²) in [7, 11) is 0. The molecule has 1 amide bonds. The Morgan fingerprint density at radius 1 is 1.29 bits per heavy atom. The SMILES string of the molecule is Cc1noc(-c2ccc(N3CC(CN4CCN=N4)OC3=O)cc2)n1. The predicted molar refractivity (Wildman–Crippen MR) is 83.4 cm³/mol. The minimum absolute atomic E-state index is 0.215. The molecular weight excluding hydrogens is 312 g/mol. The van der Waals surface area contributed by atoms with Gasteiger partial charge in [-0.05, 0) is 31.2 Å². The molecule has 2 aliphatic rings. The van der Waals surface area contributed by atoms with Crippen LogP contribution in [0.3, 0.4) is 0 Å². The molecule has 0 radical (unpaired) electrons. The van der Waals surface area contributed by atoms with Gasteiger partial charge in [0.25, 0.3) is 5.89 Å². The molecule has 0 spiro atoms. The number of rotatable bonds is 4. The molecule has 4 rings (SSSR count). The van der Waals surface area contributed by atoms with E-state index in [1.807, 2.05) is 29.3 Å². The van der Waals surface area contributed by atoms with Crippen LogP contribution in [-0.4, -0.2) is 53.5 Å². The molecule has 0 aliphatic carbocycles. The Labute approximate surface area is 137 Å². The largest absolute Gasteiger partial charge is 0.442 e. The normalized spacial score (nSPS) is 20.0. The summed E-state index contributed by atoms with van der Waals surface area (Å²) in [6.45, 7) is 4.28. The zero-order valence-corrected chi connectivity index (χ0v) is 13.1. The summed E-state index contributed by atoms with van der Waals surface area (Å²) in [5, 5.41) is 13.5. The van der Waals surface area contributed by atoms with E-state index in [0.29, 0.717) is 31.3 Å². The molecule has 3 heterocycles. The molecule has 0 N–H and O–H groups in total. The topological polar surface area (TPSA) is 96.4 Å². The molecule has 1 unspecified atom stereocenters. The second-order valence-electron chi connectivity index (χ2n) is 5.68. The molecule has 2 aliphatic heterocycles. The number of aromatic nitrogens is 2. The van der Waals surface area contributed by atoms with E-state index < -0.39 is 0 Å². The lowest BCUT2D eigenvalue weighted by atomic mass is 10.2. The molecule has 2 aromatic rings. The van der Waals surface area contributed by atoms with Crippen molar-refractivity contribution in [2.45, 2.75) is 13.0 Å².